The van der Waals surface area contributed by atoms with Gasteiger partial charge in [-0.25, -0.2) is 0 Å². The molecule has 1 atom stereocenters. The van der Waals surface area contributed by atoms with Crippen LogP contribution in [-0.2, 0) is 13.0 Å². The molecule has 0 aliphatic heterocycles. The summed E-state index contributed by atoms with van der Waals surface area (Å²) >= 11 is 0. The van der Waals surface area contributed by atoms with E-state index in [1.54, 1.807) is 0 Å². The zero-order valence-corrected chi connectivity index (χ0v) is 12.1. The molecular formula is C18H20N2. The van der Waals surface area contributed by atoms with Crippen molar-refractivity contribution in [1.82, 2.24) is 5.32 Å². The molecule has 2 rings (SSSR count). The first-order valence-electron chi connectivity index (χ1n) is 6.96. The van der Waals surface area contributed by atoms with E-state index in [4.69, 9.17) is 5.26 Å². The molecule has 2 aromatic carbocycles. The molecule has 1 N–H and O–H groups in total. The van der Waals surface area contributed by atoms with Crippen LogP contribution in [0.5, 0.6) is 0 Å². The van der Waals surface area contributed by atoms with Gasteiger partial charge < -0.3 is 5.32 Å². The van der Waals surface area contributed by atoms with Gasteiger partial charge in [0.15, 0.2) is 0 Å². The van der Waals surface area contributed by atoms with Crippen LogP contribution in [0.25, 0.3) is 0 Å². The molecule has 0 bridgehead atoms. The number of rotatable bonds is 5. The number of hydrogen-bond acceptors (Lipinski definition) is 2. The van der Waals surface area contributed by atoms with Crippen LogP contribution in [0.4, 0.5) is 0 Å². The first-order valence-corrected chi connectivity index (χ1v) is 6.96. The Bertz CT molecular complexity index is 611. The molecule has 0 spiro atoms. The maximum Gasteiger partial charge on any atom is 0.0991 e. The number of nitrogens with one attached hydrogen (secondary N) is 1. The van der Waals surface area contributed by atoms with Crippen molar-refractivity contribution in [1.29, 1.82) is 5.26 Å². The molecule has 0 radical (unpaired) electrons. The number of nitrogens with zero attached hydrogens (tertiary/aromatic N) is 1. The van der Waals surface area contributed by atoms with Gasteiger partial charge in [0.05, 0.1) is 11.6 Å². The number of hydrogen-bond donors (Lipinski definition) is 1. The Kier molecular flexibility index (Phi) is 4.92. The molecule has 0 fully saturated rings. The molecule has 0 amide bonds. The fourth-order valence-electron chi connectivity index (χ4n) is 2.28. The molecule has 0 aliphatic carbocycles. The lowest BCUT2D eigenvalue weighted by Crippen LogP contribution is -2.27. The van der Waals surface area contributed by atoms with Crippen LogP contribution in [0.1, 0.15) is 29.2 Å². The number of aryl methyl sites for hydroxylation is 1. The van der Waals surface area contributed by atoms with E-state index >= 15 is 0 Å². The minimum absolute atomic E-state index is 0.404. The standard InChI is InChI=1S/C18H20N2/c1-14-6-3-4-9-18(14)10-15(2)20-13-17-8-5-7-16(11-17)12-19/h3-9,11,15,20H,10,13H2,1-2H3. The maximum atomic E-state index is 8.89. The van der Waals surface area contributed by atoms with Crippen molar-refractivity contribution in [3.63, 3.8) is 0 Å². The second kappa shape index (κ2) is 6.88. The Morgan fingerprint density at radius 1 is 1.15 bits per heavy atom. The largest absolute Gasteiger partial charge is 0.310 e. The van der Waals surface area contributed by atoms with Crippen molar-refractivity contribution in [3.05, 3.63) is 70.8 Å². The highest BCUT2D eigenvalue weighted by atomic mass is 14.9. The Labute approximate surface area is 121 Å². The predicted molar refractivity (Wildman–Crippen MR) is 82.3 cm³/mol. The summed E-state index contributed by atoms with van der Waals surface area (Å²) in [4.78, 5) is 0. The molecule has 2 aromatic rings. The average molecular weight is 264 g/mol. The molecule has 102 valence electrons. The fraction of sp³-hybridized carbons (Fsp3) is 0.278. The molecule has 0 aromatic heterocycles. The molecule has 2 heteroatoms. The normalized spacial score (nSPS) is 11.8. The number of nitriles is 1. The molecule has 1 unspecified atom stereocenters. The van der Waals surface area contributed by atoms with Crippen LogP contribution in [0, 0.1) is 18.3 Å². The SMILES string of the molecule is Cc1ccccc1CC(C)NCc1cccc(C#N)c1. The topological polar surface area (TPSA) is 35.8 Å². The monoisotopic (exact) mass is 264 g/mol. The highest BCUT2D eigenvalue weighted by Gasteiger charge is 2.05. The summed E-state index contributed by atoms with van der Waals surface area (Å²) in [6.45, 7) is 5.14. The van der Waals surface area contributed by atoms with E-state index in [0.29, 0.717) is 6.04 Å². The summed E-state index contributed by atoms with van der Waals surface area (Å²) < 4.78 is 0. The van der Waals surface area contributed by atoms with Gasteiger partial charge in [0, 0.05) is 12.6 Å². The van der Waals surface area contributed by atoms with E-state index in [0.717, 1.165) is 24.1 Å². The second-order valence-corrected chi connectivity index (χ2v) is 5.22. The van der Waals surface area contributed by atoms with Crippen molar-refractivity contribution in [2.45, 2.75) is 32.9 Å². The number of benzene rings is 2. The van der Waals surface area contributed by atoms with Crippen molar-refractivity contribution in [2.24, 2.45) is 0 Å². The van der Waals surface area contributed by atoms with E-state index in [-0.39, 0.29) is 0 Å². The first kappa shape index (κ1) is 14.3. The zero-order chi connectivity index (χ0) is 14.4. The quantitative estimate of drug-likeness (QED) is 0.896. The highest BCUT2D eigenvalue weighted by molar-refractivity contribution is 5.32. The van der Waals surface area contributed by atoms with Crippen LogP contribution in [0.15, 0.2) is 48.5 Å². The summed E-state index contributed by atoms with van der Waals surface area (Å²) in [5.41, 5.74) is 4.60. The summed E-state index contributed by atoms with van der Waals surface area (Å²) in [5.74, 6) is 0. The van der Waals surface area contributed by atoms with Gasteiger partial charge >= 0.3 is 0 Å². The maximum absolute atomic E-state index is 8.89. The lowest BCUT2D eigenvalue weighted by molar-refractivity contribution is 0.544. The smallest absolute Gasteiger partial charge is 0.0991 e. The fourth-order valence-corrected chi connectivity index (χ4v) is 2.28. The van der Waals surface area contributed by atoms with Gasteiger partial charge in [0.1, 0.15) is 0 Å². The van der Waals surface area contributed by atoms with Crippen molar-refractivity contribution in [2.75, 3.05) is 0 Å². The molecular weight excluding hydrogens is 244 g/mol. The van der Waals surface area contributed by atoms with Gasteiger partial charge in [-0.05, 0) is 49.1 Å². The predicted octanol–water partition coefficient (Wildman–Crippen LogP) is 3.59. The van der Waals surface area contributed by atoms with Crippen LogP contribution in [0.3, 0.4) is 0 Å². The lowest BCUT2D eigenvalue weighted by atomic mass is 10.0. The summed E-state index contributed by atoms with van der Waals surface area (Å²) in [5, 5.41) is 12.4. The average Bonchev–Trinajstić information content (AvgIpc) is 2.48. The van der Waals surface area contributed by atoms with Crippen molar-refractivity contribution in [3.8, 4) is 6.07 Å². The van der Waals surface area contributed by atoms with E-state index in [2.05, 4.69) is 49.5 Å². The molecule has 2 nitrogen and oxygen atoms in total. The summed E-state index contributed by atoms with van der Waals surface area (Å²) in [6.07, 6.45) is 1.02. The van der Waals surface area contributed by atoms with Crippen LogP contribution >= 0.6 is 0 Å². The lowest BCUT2D eigenvalue weighted by Gasteiger charge is -2.15. The van der Waals surface area contributed by atoms with Gasteiger partial charge in [0.2, 0.25) is 0 Å². The van der Waals surface area contributed by atoms with Gasteiger partial charge in [-0.15, -0.1) is 0 Å². The summed E-state index contributed by atoms with van der Waals surface area (Å²) in [6, 6.07) is 18.8. The molecule has 0 heterocycles. The van der Waals surface area contributed by atoms with Crippen molar-refractivity contribution < 1.29 is 0 Å². The molecule has 0 aliphatic rings. The Hall–Kier alpha value is -2.11. The van der Waals surface area contributed by atoms with Crippen LogP contribution in [-0.4, -0.2) is 6.04 Å². The Morgan fingerprint density at radius 2 is 1.95 bits per heavy atom. The summed E-state index contributed by atoms with van der Waals surface area (Å²) in [7, 11) is 0. The van der Waals surface area contributed by atoms with Crippen LogP contribution in [0.2, 0.25) is 0 Å². The molecule has 0 saturated heterocycles. The van der Waals surface area contributed by atoms with Crippen LogP contribution < -0.4 is 5.32 Å². The van der Waals surface area contributed by atoms with Gasteiger partial charge in [0.25, 0.3) is 0 Å². The third-order valence-corrected chi connectivity index (χ3v) is 3.50. The van der Waals surface area contributed by atoms with Gasteiger partial charge in [-0.2, -0.15) is 5.26 Å². The van der Waals surface area contributed by atoms with E-state index in [9.17, 15) is 0 Å². The molecule has 0 saturated carbocycles. The first-order chi connectivity index (χ1) is 9.69. The molecule has 20 heavy (non-hydrogen) atoms. The van der Waals surface area contributed by atoms with E-state index in [1.165, 1.54) is 11.1 Å². The van der Waals surface area contributed by atoms with Gasteiger partial charge in [-0.3, -0.25) is 0 Å². The Morgan fingerprint density at radius 3 is 2.70 bits per heavy atom. The Balaban J connectivity index is 1.91. The zero-order valence-electron chi connectivity index (χ0n) is 12.1. The minimum Gasteiger partial charge on any atom is -0.310 e. The van der Waals surface area contributed by atoms with E-state index in [1.807, 2.05) is 24.3 Å². The van der Waals surface area contributed by atoms with Gasteiger partial charge in [-0.1, -0.05) is 36.4 Å². The van der Waals surface area contributed by atoms with Crippen molar-refractivity contribution >= 4 is 0 Å². The second-order valence-electron chi connectivity index (χ2n) is 5.22. The third-order valence-electron chi connectivity index (χ3n) is 3.50. The minimum atomic E-state index is 0.404. The third kappa shape index (κ3) is 3.94. The highest BCUT2D eigenvalue weighted by Crippen LogP contribution is 2.10. The van der Waals surface area contributed by atoms with E-state index < -0.39 is 0 Å².